The van der Waals surface area contributed by atoms with Crippen LogP contribution in [0.3, 0.4) is 0 Å². The zero-order valence-corrected chi connectivity index (χ0v) is 20.0. The van der Waals surface area contributed by atoms with E-state index in [0.29, 0.717) is 39.2 Å². The van der Waals surface area contributed by atoms with Gasteiger partial charge in [0.05, 0.1) is 52.4 Å². The lowest BCUT2D eigenvalue weighted by Gasteiger charge is -2.17. The molecule has 12 nitrogen and oxygen atoms in total. The molecule has 0 fully saturated rings. The molecule has 4 aromatic rings. The first-order valence-electron chi connectivity index (χ1n) is 10.6. The number of rotatable bonds is 9. The molecule has 186 valence electrons. The number of non-ortho nitro benzene ring substituents is 1. The summed E-state index contributed by atoms with van der Waals surface area (Å²) in [6.07, 6.45) is 0. The number of nitrogens with one attached hydrogen (secondary N) is 2. The third-order valence-corrected chi connectivity index (χ3v) is 6.53. The molecule has 6 N–H and O–H groups in total. The van der Waals surface area contributed by atoms with E-state index in [1.807, 2.05) is 24.3 Å². The van der Waals surface area contributed by atoms with Gasteiger partial charge < -0.3 is 21.5 Å². The average Bonchev–Trinajstić information content (AvgIpc) is 2.83. The number of ether oxygens (including phenoxy) is 1. The molecule has 0 atom stereocenters. The van der Waals surface area contributed by atoms with Crippen LogP contribution in [0.1, 0.15) is 0 Å². The molecule has 3 aromatic carbocycles. The van der Waals surface area contributed by atoms with Gasteiger partial charge in [0.1, 0.15) is 5.75 Å². The van der Waals surface area contributed by atoms with Crippen LogP contribution in [0.25, 0.3) is 21.8 Å². The number of aromatic nitrogens is 1. The molecule has 0 amide bonds. The molecular weight excluding hydrogens is 486 g/mol. The minimum atomic E-state index is -3.70. The summed E-state index contributed by atoms with van der Waals surface area (Å²) in [5, 5.41) is 16.1. The van der Waals surface area contributed by atoms with Gasteiger partial charge in [-0.15, -0.1) is 0 Å². The molecule has 0 saturated carbocycles. The Balaban J connectivity index is 1.71. The highest BCUT2D eigenvalue weighted by atomic mass is 32.2. The Bertz CT molecular complexity index is 1600. The van der Waals surface area contributed by atoms with Crippen molar-refractivity contribution in [1.82, 2.24) is 4.98 Å². The number of pyridine rings is 1. The van der Waals surface area contributed by atoms with Crippen LogP contribution >= 0.6 is 0 Å². The minimum Gasteiger partial charge on any atom is -0.494 e. The van der Waals surface area contributed by atoms with Crippen LogP contribution in [0.4, 0.5) is 22.7 Å². The van der Waals surface area contributed by atoms with E-state index in [0.717, 1.165) is 5.39 Å². The average molecular weight is 510 g/mol. The third kappa shape index (κ3) is 5.36. The number of hydrogen-bond acceptors (Lipinski definition) is 8. The molecule has 13 heteroatoms. The van der Waals surface area contributed by atoms with E-state index in [-0.39, 0.29) is 23.9 Å². The number of sulfonamides is 1. The van der Waals surface area contributed by atoms with Crippen molar-refractivity contribution in [2.75, 3.05) is 29.4 Å². The zero-order valence-electron chi connectivity index (χ0n) is 19.1. The van der Waals surface area contributed by atoms with Gasteiger partial charge in [-0.25, -0.2) is 13.4 Å². The zero-order chi connectivity index (χ0) is 25.9. The van der Waals surface area contributed by atoms with Crippen LogP contribution in [-0.4, -0.2) is 43.7 Å². The number of nitrogens with two attached hydrogens (primary N) is 2. The predicted molar refractivity (Wildman–Crippen MR) is 140 cm³/mol. The summed E-state index contributed by atoms with van der Waals surface area (Å²) in [5.41, 5.74) is 13.0. The lowest BCUT2D eigenvalue weighted by Crippen LogP contribution is -2.25. The van der Waals surface area contributed by atoms with Gasteiger partial charge in [0.15, 0.2) is 5.96 Å². The Morgan fingerprint density at radius 3 is 2.56 bits per heavy atom. The summed E-state index contributed by atoms with van der Waals surface area (Å²) < 4.78 is 32.7. The van der Waals surface area contributed by atoms with Gasteiger partial charge in [0.2, 0.25) is 10.0 Å². The van der Waals surface area contributed by atoms with Crippen LogP contribution in [0.2, 0.25) is 0 Å². The van der Waals surface area contributed by atoms with Crippen molar-refractivity contribution in [1.29, 1.82) is 0 Å². The fraction of sp³-hybridized carbons (Fsp3) is 0.130. The molecule has 0 unspecified atom stereocenters. The van der Waals surface area contributed by atoms with Crippen molar-refractivity contribution >= 4 is 60.5 Å². The summed E-state index contributed by atoms with van der Waals surface area (Å²) in [6, 6.07) is 16.7. The largest absolute Gasteiger partial charge is 0.494 e. The van der Waals surface area contributed by atoms with Crippen molar-refractivity contribution < 1.29 is 18.1 Å². The predicted octanol–water partition coefficient (Wildman–Crippen LogP) is 3.06. The Labute approximate surface area is 206 Å². The minimum absolute atomic E-state index is 0.0645. The summed E-state index contributed by atoms with van der Waals surface area (Å²) >= 11 is 0. The Morgan fingerprint density at radius 2 is 1.83 bits per heavy atom. The number of para-hydroxylation sites is 1. The number of hydrogen-bond donors (Lipinski definition) is 4. The number of nitro groups is 1. The smallest absolute Gasteiger partial charge is 0.271 e. The molecule has 1 aromatic heterocycles. The van der Waals surface area contributed by atoms with Crippen LogP contribution < -0.4 is 26.2 Å². The lowest BCUT2D eigenvalue weighted by atomic mass is 10.1. The molecule has 0 aliphatic heterocycles. The van der Waals surface area contributed by atoms with Gasteiger partial charge in [-0.3, -0.25) is 19.8 Å². The highest BCUT2D eigenvalue weighted by Crippen LogP contribution is 2.38. The summed E-state index contributed by atoms with van der Waals surface area (Å²) in [6.45, 7) is -0.0746. The van der Waals surface area contributed by atoms with Crippen LogP contribution in [0, 0.1) is 10.1 Å². The van der Waals surface area contributed by atoms with E-state index in [2.05, 4.69) is 20.0 Å². The number of nitro benzene ring substituents is 1. The number of fused-ring (bicyclic) bond motifs is 2. The monoisotopic (exact) mass is 509 g/mol. The Morgan fingerprint density at radius 1 is 1.08 bits per heavy atom. The maximum Gasteiger partial charge on any atom is 0.271 e. The molecular formula is C23H23N7O5S. The number of methoxy groups -OCH3 is 1. The highest BCUT2D eigenvalue weighted by molar-refractivity contribution is 7.92. The van der Waals surface area contributed by atoms with Crippen molar-refractivity contribution in [2.45, 2.75) is 0 Å². The van der Waals surface area contributed by atoms with E-state index in [1.165, 1.54) is 25.3 Å². The van der Waals surface area contributed by atoms with Crippen molar-refractivity contribution in [2.24, 2.45) is 16.5 Å². The fourth-order valence-electron chi connectivity index (χ4n) is 3.65. The van der Waals surface area contributed by atoms with Crippen LogP contribution in [-0.2, 0) is 10.0 Å². The second-order valence-corrected chi connectivity index (χ2v) is 9.57. The van der Waals surface area contributed by atoms with Gasteiger partial charge in [-0.05, 0) is 24.3 Å². The number of anilines is 3. The second kappa shape index (κ2) is 9.92. The maximum absolute atomic E-state index is 12.4. The van der Waals surface area contributed by atoms with Gasteiger partial charge >= 0.3 is 0 Å². The summed E-state index contributed by atoms with van der Waals surface area (Å²) in [5.74, 6) is -0.114. The van der Waals surface area contributed by atoms with Gasteiger partial charge in [-0.2, -0.15) is 0 Å². The van der Waals surface area contributed by atoms with E-state index in [9.17, 15) is 18.5 Å². The molecule has 0 aliphatic rings. The molecule has 0 spiro atoms. The molecule has 1 heterocycles. The van der Waals surface area contributed by atoms with Crippen molar-refractivity contribution in [3.05, 3.63) is 70.8 Å². The summed E-state index contributed by atoms with van der Waals surface area (Å²) in [7, 11) is -2.24. The third-order valence-electron chi connectivity index (χ3n) is 5.26. The maximum atomic E-state index is 12.4. The van der Waals surface area contributed by atoms with Crippen LogP contribution in [0.15, 0.2) is 65.7 Å². The Hall–Kier alpha value is -4.65. The topological polar surface area (TPSA) is 188 Å². The Kier molecular flexibility index (Phi) is 6.74. The number of nitrogens with zero attached hydrogens (tertiary/aromatic N) is 3. The highest BCUT2D eigenvalue weighted by Gasteiger charge is 2.16. The van der Waals surface area contributed by atoms with E-state index in [4.69, 9.17) is 16.2 Å². The van der Waals surface area contributed by atoms with E-state index < -0.39 is 14.9 Å². The molecule has 0 aliphatic carbocycles. The summed E-state index contributed by atoms with van der Waals surface area (Å²) in [4.78, 5) is 19.1. The number of guanidine groups is 1. The molecule has 4 rings (SSSR count). The first-order chi connectivity index (χ1) is 17.2. The van der Waals surface area contributed by atoms with Crippen molar-refractivity contribution in [3.63, 3.8) is 0 Å². The van der Waals surface area contributed by atoms with Crippen molar-refractivity contribution in [3.8, 4) is 5.75 Å². The molecule has 36 heavy (non-hydrogen) atoms. The SMILES string of the molecule is COc1cc(NS(=O)(=O)CCN=C(N)N)ccc1Nc1c2ccccc2nc2cc([N+](=O)[O-])ccc12. The van der Waals surface area contributed by atoms with E-state index >= 15 is 0 Å². The van der Waals surface area contributed by atoms with Crippen LogP contribution in [0.5, 0.6) is 5.75 Å². The molecule has 0 bridgehead atoms. The number of aliphatic imine (C=N–C) groups is 1. The first-order valence-corrected chi connectivity index (χ1v) is 12.3. The van der Waals surface area contributed by atoms with Gasteiger partial charge in [0, 0.05) is 29.0 Å². The standard InChI is InChI=1S/C23H23N7O5S/c1-35-21-12-14(29-36(33,34)11-10-26-23(24)25)6-9-19(21)28-22-16-4-2-3-5-18(16)27-20-13-15(30(31)32)7-8-17(20)22/h2-9,12-13,29H,10-11H2,1H3,(H,27,28)(H4,24,25,26). The molecule has 0 saturated heterocycles. The molecule has 0 radical (unpaired) electrons. The second-order valence-electron chi connectivity index (χ2n) is 7.73. The van der Waals surface area contributed by atoms with E-state index in [1.54, 1.807) is 18.2 Å². The quantitative estimate of drug-likeness (QED) is 0.0864. The fourth-order valence-corrected chi connectivity index (χ4v) is 4.57. The van der Waals surface area contributed by atoms with Gasteiger partial charge in [-0.1, -0.05) is 18.2 Å². The number of benzene rings is 3. The normalized spacial score (nSPS) is 11.2. The first kappa shape index (κ1) is 24.5. The van der Waals surface area contributed by atoms with Gasteiger partial charge in [0.25, 0.3) is 5.69 Å². The lowest BCUT2D eigenvalue weighted by molar-refractivity contribution is -0.384.